The van der Waals surface area contributed by atoms with Gasteiger partial charge in [-0.3, -0.25) is 4.79 Å². The number of amides is 1. The molecule has 0 aliphatic carbocycles. The maximum absolute atomic E-state index is 13.4. The number of hydrogen-bond acceptors (Lipinski definition) is 3. The van der Waals surface area contributed by atoms with Gasteiger partial charge in [0, 0.05) is 10.6 Å². The molecule has 4 heteroatoms. The van der Waals surface area contributed by atoms with E-state index >= 15 is 0 Å². The molecule has 0 aromatic heterocycles. The molecule has 0 spiro atoms. The number of rotatable bonds is 7. The molecular formula is C27H32N2OS. The Labute approximate surface area is 191 Å². The molecule has 0 saturated heterocycles. The highest BCUT2D eigenvalue weighted by molar-refractivity contribution is 7.97. The Bertz CT molecular complexity index is 1020. The van der Waals surface area contributed by atoms with Crippen LogP contribution in [0.5, 0.6) is 0 Å². The van der Waals surface area contributed by atoms with Crippen LogP contribution in [0.1, 0.15) is 33.4 Å². The summed E-state index contributed by atoms with van der Waals surface area (Å²) in [5.41, 5.74) is 8.22. The summed E-state index contributed by atoms with van der Waals surface area (Å²) in [4.78, 5) is 16.5. The highest BCUT2D eigenvalue weighted by Gasteiger charge is 2.19. The van der Waals surface area contributed by atoms with Crippen molar-refractivity contribution in [3.8, 4) is 0 Å². The van der Waals surface area contributed by atoms with E-state index in [1.165, 1.54) is 32.7 Å². The predicted molar refractivity (Wildman–Crippen MR) is 133 cm³/mol. The number of carbonyl (C=O) groups is 1. The van der Waals surface area contributed by atoms with E-state index in [4.69, 9.17) is 0 Å². The summed E-state index contributed by atoms with van der Waals surface area (Å²) >= 11 is 1.64. The van der Waals surface area contributed by atoms with Crippen molar-refractivity contribution in [3.63, 3.8) is 0 Å². The van der Waals surface area contributed by atoms with Crippen LogP contribution in [0.3, 0.4) is 0 Å². The van der Waals surface area contributed by atoms with Gasteiger partial charge in [-0.25, -0.2) is 4.31 Å². The van der Waals surface area contributed by atoms with E-state index in [-0.39, 0.29) is 5.91 Å². The van der Waals surface area contributed by atoms with Gasteiger partial charge in [0.1, 0.15) is 0 Å². The average molecular weight is 433 g/mol. The van der Waals surface area contributed by atoms with E-state index in [0.717, 1.165) is 11.3 Å². The zero-order valence-electron chi connectivity index (χ0n) is 19.4. The van der Waals surface area contributed by atoms with Crippen molar-refractivity contribution in [2.45, 2.75) is 46.1 Å². The summed E-state index contributed by atoms with van der Waals surface area (Å²) in [6, 6.07) is 21.0. The predicted octanol–water partition coefficient (Wildman–Crippen LogP) is 6.40. The van der Waals surface area contributed by atoms with Crippen molar-refractivity contribution in [1.29, 1.82) is 0 Å². The number of anilines is 1. The molecule has 0 saturated carbocycles. The lowest BCUT2D eigenvalue weighted by molar-refractivity contribution is -0.118. The minimum atomic E-state index is 0.0850. The quantitative estimate of drug-likeness (QED) is 0.404. The summed E-state index contributed by atoms with van der Waals surface area (Å²) in [5, 5.41) is 0. The summed E-state index contributed by atoms with van der Waals surface area (Å²) in [6.07, 6.45) is 0. The number of nitrogens with zero attached hydrogens (tertiary/aromatic N) is 2. The van der Waals surface area contributed by atoms with Gasteiger partial charge in [-0.1, -0.05) is 65.2 Å². The van der Waals surface area contributed by atoms with Crippen LogP contribution in [0, 0.1) is 34.6 Å². The highest BCUT2D eigenvalue weighted by atomic mass is 32.2. The molecule has 0 bridgehead atoms. The third-order valence-electron chi connectivity index (χ3n) is 5.32. The maximum Gasteiger partial charge on any atom is 0.242 e. The van der Waals surface area contributed by atoms with Crippen molar-refractivity contribution in [2.75, 3.05) is 18.5 Å². The zero-order chi connectivity index (χ0) is 22.5. The Hall–Kier alpha value is -2.56. The van der Waals surface area contributed by atoms with Crippen LogP contribution in [0.25, 0.3) is 0 Å². The van der Waals surface area contributed by atoms with Gasteiger partial charge >= 0.3 is 0 Å². The number of likely N-dealkylation sites (N-methyl/N-ethyl adjacent to an activating group) is 1. The van der Waals surface area contributed by atoms with E-state index < -0.39 is 0 Å². The fraction of sp³-hybridized carbons (Fsp3) is 0.296. The SMILES string of the molecule is Cc1ccc(CN(C(=O)CN(C)Sc2c(C)cc(C)cc2C)c2ccc(C)cc2)cc1. The van der Waals surface area contributed by atoms with Crippen LogP contribution in [0.15, 0.2) is 65.6 Å². The monoisotopic (exact) mass is 432 g/mol. The Balaban J connectivity index is 1.79. The number of hydrogen-bond donors (Lipinski definition) is 0. The lowest BCUT2D eigenvalue weighted by Gasteiger charge is -2.26. The summed E-state index contributed by atoms with van der Waals surface area (Å²) < 4.78 is 2.03. The first-order chi connectivity index (χ1) is 14.7. The largest absolute Gasteiger partial charge is 0.307 e. The second kappa shape index (κ2) is 10.2. The lowest BCUT2D eigenvalue weighted by atomic mass is 10.1. The standard InChI is InChI=1S/C27H32N2OS/c1-19-7-11-24(12-8-19)17-29(25-13-9-20(2)10-14-25)26(30)18-28(6)31-27-22(4)15-21(3)16-23(27)5/h7-16H,17-18H2,1-6H3. The third kappa shape index (κ3) is 6.22. The van der Waals surface area contributed by atoms with E-state index in [0.29, 0.717) is 13.1 Å². The minimum Gasteiger partial charge on any atom is -0.307 e. The first kappa shape index (κ1) is 23.1. The first-order valence-electron chi connectivity index (χ1n) is 10.6. The molecule has 0 aliphatic heterocycles. The fourth-order valence-electron chi connectivity index (χ4n) is 3.70. The minimum absolute atomic E-state index is 0.0850. The van der Waals surface area contributed by atoms with Crippen molar-refractivity contribution in [1.82, 2.24) is 4.31 Å². The van der Waals surface area contributed by atoms with Gasteiger partial charge < -0.3 is 4.90 Å². The Morgan fingerprint density at radius 3 is 1.84 bits per heavy atom. The Kier molecular flexibility index (Phi) is 7.58. The second-order valence-corrected chi connectivity index (χ2v) is 9.62. The van der Waals surface area contributed by atoms with Gasteiger partial charge in [0.15, 0.2) is 0 Å². The smallest absolute Gasteiger partial charge is 0.242 e. The molecule has 0 aliphatic rings. The van der Waals surface area contributed by atoms with E-state index in [2.05, 4.69) is 83.1 Å². The fourth-order valence-corrected chi connectivity index (χ4v) is 4.59. The molecule has 3 rings (SSSR count). The van der Waals surface area contributed by atoms with Crippen molar-refractivity contribution >= 4 is 23.5 Å². The summed E-state index contributed by atoms with van der Waals surface area (Å²) in [6.45, 7) is 11.4. The van der Waals surface area contributed by atoms with Crippen molar-refractivity contribution < 1.29 is 4.79 Å². The van der Waals surface area contributed by atoms with Crippen molar-refractivity contribution in [2.24, 2.45) is 0 Å². The van der Waals surface area contributed by atoms with Gasteiger partial charge in [-0.15, -0.1) is 0 Å². The van der Waals surface area contributed by atoms with Crippen LogP contribution in [-0.4, -0.2) is 23.8 Å². The molecule has 31 heavy (non-hydrogen) atoms. The molecular weight excluding hydrogens is 400 g/mol. The van der Waals surface area contributed by atoms with Crippen molar-refractivity contribution in [3.05, 3.63) is 94.0 Å². The van der Waals surface area contributed by atoms with Crippen LogP contribution in [0.2, 0.25) is 0 Å². The van der Waals surface area contributed by atoms with E-state index in [1.807, 2.05) is 28.4 Å². The van der Waals surface area contributed by atoms with Crippen LogP contribution in [-0.2, 0) is 11.3 Å². The first-order valence-corrected chi connectivity index (χ1v) is 11.4. The molecule has 0 unspecified atom stereocenters. The third-order valence-corrected chi connectivity index (χ3v) is 6.59. The average Bonchev–Trinajstić information content (AvgIpc) is 2.71. The molecule has 0 atom stereocenters. The highest BCUT2D eigenvalue weighted by Crippen LogP contribution is 2.30. The molecule has 3 aromatic carbocycles. The van der Waals surface area contributed by atoms with Crippen LogP contribution < -0.4 is 4.90 Å². The maximum atomic E-state index is 13.4. The molecule has 1 amide bonds. The molecule has 162 valence electrons. The zero-order valence-corrected chi connectivity index (χ0v) is 20.2. The lowest BCUT2D eigenvalue weighted by Crippen LogP contribution is -2.36. The molecule has 0 N–H and O–H groups in total. The molecule has 0 radical (unpaired) electrons. The molecule has 3 nitrogen and oxygen atoms in total. The molecule has 0 heterocycles. The van der Waals surface area contributed by atoms with Gasteiger partial charge in [-0.05, 0) is 82.4 Å². The Morgan fingerprint density at radius 2 is 1.29 bits per heavy atom. The molecule has 0 fully saturated rings. The van der Waals surface area contributed by atoms with E-state index in [9.17, 15) is 4.79 Å². The van der Waals surface area contributed by atoms with Gasteiger partial charge in [0.05, 0.1) is 13.1 Å². The van der Waals surface area contributed by atoms with Crippen LogP contribution in [0.4, 0.5) is 5.69 Å². The second-order valence-electron chi connectivity index (χ2n) is 8.41. The number of aryl methyl sites for hydroxylation is 5. The van der Waals surface area contributed by atoms with Gasteiger partial charge in [0.25, 0.3) is 0 Å². The summed E-state index contributed by atoms with van der Waals surface area (Å²) in [5.74, 6) is 0.0850. The van der Waals surface area contributed by atoms with Crippen LogP contribution >= 0.6 is 11.9 Å². The molecule has 3 aromatic rings. The topological polar surface area (TPSA) is 23.6 Å². The summed E-state index contributed by atoms with van der Waals surface area (Å²) in [7, 11) is 1.99. The number of carbonyl (C=O) groups excluding carboxylic acids is 1. The van der Waals surface area contributed by atoms with Gasteiger partial charge in [0.2, 0.25) is 5.91 Å². The Morgan fingerprint density at radius 1 is 0.774 bits per heavy atom. The van der Waals surface area contributed by atoms with Gasteiger partial charge in [-0.2, -0.15) is 0 Å². The number of benzene rings is 3. The normalized spacial score (nSPS) is 11.1. The van der Waals surface area contributed by atoms with E-state index in [1.54, 1.807) is 11.9 Å².